The van der Waals surface area contributed by atoms with Crippen LogP contribution in [-0.4, -0.2) is 28.6 Å². The quantitative estimate of drug-likeness (QED) is 0.702. The second-order valence-corrected chi connectivity index (χ2v) is 6.01. The summed E-state index contributed by atoms with van der Waals surface area (Å²) in [4.78, 5) is 27.0. The molecule has 134 valence electrons. The summed E-state index contributed by atoms with van der Waals surface area (Å²) in [6.07, 6.45) is 0.238. The number of aliphatic hydroxyl groups excluding tert-OH is 1. The van der Waals surface area contributed by atoms with Crippen molar-refractivity contribution in [1.82, 2.24) is 4.98 Å². The van der Waals surface area contributed by atoms with Crippen molar-refractivity contribution in [2.75, 3.05) is 11.9 Å². The largest absolute Gasteiger partial charge is 0.451 e. The van der Waals surface area contributed by atoms with Crippen LogP contribution < -0.4 is 5.32 Å². The number of aryl methyl sites for hydroxylation is 2. The highest BCUT2D eigenvalue weighted by Gasteiger charge is 2.21. The number of H-pyrrole nitrogens is 1. The summed E-state index contributed by atoms with van der Waals surface area (Å²) in [7, 11) is 0. The number of hydrogen-bond donors (Lipinski definition) is 3. The van der Waals surface area contributed by atoms with Gasteiger partial charge in [0.25, 0.3) is 5.91 Å². The monoisotopic (exact) mass is 344 g/mol. The fourth-order valence-corrected chi connectivity index (χ4v) is 2.82. The zero-order chi connectivity index (χ0) is 18.6. The fourth-order valence-electron chi connectivity index (χ4n) is 2.82. The number of esters is 1. The van der Waals surface area contributed by atoms with Gasteiger partial charge in [-0.3, -0.25) is 4.79 Å². The van der Waals surface area contributed by atoms with Crippen LogP contribution in [0.15, 0.2) is 24.3 Å². The molecule has 0 spiro atoms. The molecule has 6 nitrogen and oxygen atoms in total. The van der Waals surface area contributed by atoms with Crippen LogP contribution in [0.25, 0.3) is 0 Å². The predicted molar refractivity (Wildman–Crippen MR) is 95.6 cm³/mol. The summed E-state index contributed by atoms with van der Waals surface area (Å²) in [6.45, 7) is 6.82. The Hall–Kier alpha value is -2.60. The lowest BCUT2D eigenvalue weighted by Gasteiger charge is -2.08. The van der Waals surface area contributed by atoms with Gasteiger partial charge in [-0.25, -0.2) is 4.79 Å². The lowest BCUT2D eigenvalue weighted by molar-refractivity contribution is -0.119. The summed E-state index contributed by atoms with van der Waals surface area (Å²) >= 11 is 0. The highest BCUT2D eigenvalue weighted by Crippen LogP contribution is 2.24. The summed E-state index contributed by atoms with van der Waals surface area (Å²) in [5.74, 6) is -1.03. The van der Waals surface area contributed by atoms with Crippen LogP contribution in [0, 0.1) is 13.8 Å². The predicted octanol–water partition coefficient (Wildman–Crippen LogP) is 3.04. The lowest BCUT2D eigenvalue weighted by Crippen LogP contribution is -2.21. The van der Waals surface area contributed by atoms with Crippen LogP contribution in [0.3, 0.4) is 0 Å². The standard InChI is InChI=1S/C19H24N2O4/c1-5-14-6-8-15(9-7-14)21-16(23)10-25-19(24)18-11(2)17(13(4)22)12(3)20-18/h6-9,13,20,22H,5,10H2,1-4H3,(H,21,23)/t13-/m1/s1. The molecule has 1 heterocycles. The van der Waals surface area contributed by atoms with E-state index in [9.17, 15) is 14.7 Å². The summed E-state index contributed by atoms with van der Waals surface area (Å²) in [5.41, 5.74) is 4.10. The molecule has 0 saturated carbocycles. The van der Waals surface area contributed by atoms with E-state index in [4.69, 9.17) is 4.74 Å². The Balaban J connectivity index is 1.95. The SMILES string of the molecule is CCc1ccc(NC(=O)COC(=O)c2[nH]c(C)c([C@@H](C)O)c2C)cc1. The molecular formula is C19H24N2O4. The number of aliphatic hydroxyl groups is 1. The van der Waals surface area contributed by atoms with Crippen molar-refractivity contribution in [2.24, 2.45) is 0 Å². The van der Waals surface area contributed by atoms with Crippen molar-refractivity contribution in [1.29, 1.82) is 0 Å². The molecule has 1 aromatic heterocycles. The van der Waals surface area contributed by atoms with Crippen molar-refractivity contribution in [3.8, 4) is 0 Å². The summed E-state index contributed by atoms with van der Waals surface area (Å²) < 4.78 is 5.07. The molecule has 0 aliphatic heterocycles. The first-order valence-electron chi connectivity index (χ1n) is 8.26. The van der Waals surface area contributed by atoms with Gasteiger partial charge in [-0.1, -0.05) is 19.1 Å². The van der Waals surface area contributed by atoms with Gasteiger partial charge in [0.05, 0.1) is 6.10 Å². The van der Waals surface area contributed by atoms with E-state index >= 15 is 0 Å². The molecule has 0 aliphatic carbocycles. The molecule has 1 aromatic carbocycles. The number of carbonyl (C=O) groups excluding carboxylic acids is 2. The Kier molecular flexibility index (Phi) is 5.98. The minimum absolute atomic E-state index is 0.258. The number of benzene rings is 1. The lowest BCUT2D eigenvalue weighted by atomic mass is 10.1. The average Bonchev–Trinajstić information content (AvgIpc) is 2.88. The normalized spacial score (nSPS) is 11.9. The molecule has 0 unspecified atom stereocenters. The van der Waals surface area contributed by atoms with Crippen molar-refractivity contribution >= 4 is 17.6 Å². The van der Waals surface area contributed by atoms with Crippen molar-refractivity contribution in [3.05, 3.63) is 52.3 Å². The van der Waals surface area contributed by atoms with Crippen LogP contribution in [0.5, 0.6) is 0 Å². The Morgan fingerprint density at radius 1 is 1.24 bits per heavy atom. The molecule has 1 atom stereocenters. The molecule has 1 amide bonds. The topological polar surface area (TPSA) is 91.4 Å². The van der Waals surface area contributed by atoms with Gasteiger partial charge in [-0.2, -0.15) is 0 Å². The first-order valence-corrected chi connectivity index (χ1v) is 8.26. The number of amides is 1. The van der Waals surface area contributed by atoms with E-state index in [0.29, 0.717) is 22.5 Å². The van der Waals surface area contributed by atoms with Crippen LogP contribution in [0.2, 0.25) is 0 Å². The van der Waals surface area contributed by atoms with Crippen LogP contribution in [-0.2, 0) is 16.0 Å². The maximum Gasteiger partial charge on any atom is 0.355 e. The fraction of sp³-hybridized carbons (Fsp3) is 0.368. The van der Waals surface area contributed by atoms with Crippen LogP contribution in [0.1, 0.15) is 52.8 Å². The molecule has 0 bridgehead atoms. The van der Waals surface area contributed by atoms with E-state index in [1.165, 1.54) is 5.56 Å². The van der Waals surface area contributed by atoms with Crippen molar-refractivity contribution in [3.63, 3.8) is 0 Å². The number of rotatable bonds is 6. The van der Waals surface area contributed by atoms with E-state index in [0.717, 1.165) is 6.42 Å². The van der Waals surface area contributed by atoms with Crippen LogP contribution >= 0.6 is 0 Å². The maximum atomic E-state index is 12.2. The van der Waals surface area contributed by atoms with Gasteiger partial charge in [-0.15, -0.1) is 0 Å². The first kappa shape index (κ1) is 18.7. The molecule has 25 heavy (non-hydrogen) atoms. The number of ether oxygens (including phenoxy) is 1. The number of aromatic nitrogens is 1. The summed E-state index contributed by atoms with van der Waals surface area (Å²) in [5, 5.41) is 12.4. The zero-order valence-corrected chi connectivity index (χ0v) is 15.0. The smallest absolute Gasteiger partial charge is 0.355 e. The van der Waals surface area contributed by atoms with Gasteiger partial charge < -0.3 is 20.1 Å². The van der Waals surface area contributed by atoms with E-state index in [2.05, 4.69) is 17.2 Å². The van der Waals surface area contributed by atoms with Gasteiger partial charge in [0, 0.05) is 16.9 Å². The van der Waals surface area contributed by atoms with E-state index in [-0.39, 0.29) is 12.3 Å². The molecule has 0 saturated heterocycles. The van der Waals surface area contributed by atoms with Gasteiger partial charge >= 0.3 is 5.97 Å². The Bertz CT molecular complexity index is 760. The van der Waals surface area contributed by atoms with E-state index < -0.39 is 18.0 Å². The molecule has 3 N–H and O–H groups in total. The molecule has 0 radical (unpaired) electrons. The van der Waals surface area contributed by atoms with Crippen LogP contribution in [0.4, 0.5) is 5.69 Å². The van der Waals surface area contributed by atoms with Gasteiger partial charge in [0.1, 0.15) is 5.69 Å². The second-order valence-electron chi connectivity index (χ2n) is 6.01. The number of aromatic amines is 1. The average molecular weight is 344 g/mol. The third-order valence-electron chi connectivity index (χ3n) is 4.10. The summed E-state index contributed by atoms with van der Waals surface area (Å²) in [6, 6.07) is 7.49. The Labute approximate surface area is 147 Å². The highest BCUT2D eigenvalue weighted by molar-refractivity contribution is 5.95. The zero-order valence-electron chi connectivity index (χ0n) is 15.0. The molecular weight excluding hydrogens is 320 g/mol. The third kappa shape index (κ3) is 4.48. The Morgan fingerprint density at radius 3 is 2.40 bits per heavy atom. The van der Waals surface area contributed by atoms with Crippen molar-refractivity contribution in [2.45, 2.75) is 40.2 Å². The molecule has 0 aliphatic rings. The number of anilines is 1. The molecule has 6 heteroatoms. The van der Waals surface area contributed by atoms with E-state index in [1.807, 2.05) is 24.3 Å². The molecule has 2 aromatic rings. The second kappa shape index (κ2) is 7.98. The van der Waals surface area contributed by atoms with Gasteiger partial charge in [-0.05, 0) is 50.5 Å². The Morgan fingerprint density at radius 2 is 1.88 bits per heavy atom. The number of hydrogen-bond acceptors (Lipinski definition) is 4. The number of nitrogens with one attached hydrogen (secondary N) is 2. The van der Waals surface area contributed by atoms with Gasteiger partial charge in [0.15, 0.2) is 6.61 Å². The highest BCUT2D eigenvalue weighted by atomic mass is 16.5. The third-order valence-corrected chi connectivity index (χ3v) is 4.10. The van der Waals surface area contributed by atoms with Gasteiger partial charge in [0.2, 0.25) is 0 Å². The number of carbonyl (C=O) groups is 2. The van der Waals surface area contributed by atoms with E-state index in [1.54, 1.807) is 20.8 Å². The maximum absolute atomic E-state index is 12.2. The molecule has 0 fully saturated rings. The minimum atomic E-state index is -0.688. The minimum Gasteiger partial charge on any atom is -0.451 e. The first-order chi connectivity index (χ1) is 11.8. The molecule has 2 rings (SSSR count). The van der Waals surface area contributed by atoms with Crippen molar-refractivity contribution < 1.29 is 19.4 Å².